The van der Waals surface area contributed by atoms with E-state index in [1.807, 2.05) is 4.90 Å². The van der Waals surface area contributed by atoms with E-state index in [9.17, 15) is 4.79 Å². The summed E-state index contributed by atoms with van der Waals surface area (Å²) in [4.78, 5) is 14.5. The zero-order chi connectivity index (χ0) is 11.7. The molecule has 1 aliphatic heterocycles. The number of aromatic nitrogens is 4. The van der Waals surface area contributed by atoms with Crippen molar-refractivity contribution in [2.75, 3.05) is 18.8 Å². The van der Waals surface area contributed by atoms with E-state index in [2.05, 4.69) is 15.3 Å². The second-order valence-corrected chi connectivity index (χ2v) is 5.98. The minimum absolute atomic E-state index is 0.207. The van der Waals surface area contributed by atoms with Crippen molar-refractivity contribution in [3.05, 3.63) is 6.33 Å². The Kier molecular flexibility index (Phi) is 2.98. The van der Waals surface area contributed by atoms with E-state index in [0.717, 1.165) is 35.2 Å². The number of nitrogens with zero attached hydrogens (tertiary/aromatic N) is 5. The second-order valence-electron chi connectivity index (χ2n) is 3.80. The van der Waals surface area contributed by atoms with Gasteiger partial charge in [0.1, 0.15) is 6.33 Å². The molecule has 1 fully saturated rings. The molecule has 0 unspecified atom stereocenters. The van der Waals surface area contributed by atoms with Gasteiger partial charge in [-0.15, -0.1) is 15.3 Å². The van der Waals surface area contributed by atoms with E-state index in [1.165, 1.54) is 23.1 Å². The van der Waals surface area contributed by atoms with E-state index in [-0.39, 0.29) is 5.91 Å². The van der Waals surface area contributed by atoms with Crippen molar-refractivity contribution in [2.45, 2.75) is 17.2 Å². The van der Waals surface area contributed by atoms with Crippen LogP contribution in [0.15, 0.2) is 10.7 Å². The lowest BCUT2D eigenvalue weighted by Gasteiger charge is -2.13. The van der Waals surface area contributed by atoms with Gasteiger partial charge in [-0.25, -0.2) is 0 Å². The summed E-state index contributed by atoms with van der Waals surface area (Å²) in [7, 11) is 0. The Bertz CT molecular complexity index is 502. The fourth-order valence-corrected chi connectivity index (χ4v) is 3.55. The van der Waals surface area contributed by atoms with Gasteiger partial charge in [0.05, 0.1) is 5.75 Å². The zero-order valence-electron chi connectivity index (χ0n) is 9.07. The summed E-state index contributed by atoms with van der Waals surface area (Å²) in [5.41, 5.74) is 0. The fraction of sp³-hybridized carbons (Fsp3) is 0.556. The van der Waals surface area contributed by atoms with Crippen LogP contribution in [-0.2, 0) is 4.79 Å². The number of hydrogen-bond acceptors (Lipinski definition) is 6. The van der Waals surface area contributed by atoms with Gasteiger partial charge in [0.15, 0.2) is 4.34 Å². The third-order valence-corrected chi connectivity index (χ3v) is 4.68. The minimum Gasteiger partial charge on any atom is -0.342 e. The molecule has 8 heteroatoms. The van der Waals surface area contributed by atoms with Crippen LogP contribution in [0.2, 0.25) is 0 Å². The van der Waals surface area contributed by atoms with Gasteiger partial charge in [-0.2, -0.15) is 4.52 Å². The zero-order valence-corrected chi connectivity index (χ0v) is 10.7. The number of carbonyl (C=O) groups is 1. The van der Waals surface area contributed by atoms with Crippen LogP contribution in [0.25, 0.3) is 4.96 Å². The van der Waals surface area contributed by atoms with Gasteiger partial charge in [-0.05, 0) is 12.8 Å². The van der Waals surface area contributed by atoms with Crippen molar-refractivity contribution in [3.63, 3.8) is 0 Å². The molecule has 2 aromatic heterocycles. The molecule has 17 heavy (non-hydrogen) atoms. The number of amides is 1. The normalized spacial score (nSPS) is 15.9. The highest BCUT2D eigenvalue weighted by Crippen LogP contribution is 2.24. The van der Waals surface area contributed by atoms with Crippen LogP contribution in [0, 0.1) is 0 Å². The van der Waals surface area contributed by atoms with Gasteiger partial charge in [0.2, 0.25) is 10.9 Å². The Morgan fingerprint density at radius 1 is 1.47 bits per heavy atom. The minimum atomic E-state index is 0.207. The number of hydrogen-bond donors (Lipinski definition) is 0. The van der Waals surface area contributed by atoms with Crippen molar-refractivity contribution in [1.29, 1.82) is 0 Å². The molecule has 1 amide bonds. The van der Waals surface area contributed by atoms with Crippen molar-refractivity contribution >= 4 is 34.0 Å². The summed E-state index contributed by atoms with van der Waals surface area (Å²) in [5.74, 6) is 0.669. The summed E-state index contributed by atoms with van der Waals surface area (Å²) in [5, 5.41) is 11.9. The quantitative estimate of drug-likeness (QED) is 0.775. The summed E-state index contributed by atoms with van der Waals surface area (Å²) in [6.45, 7) is 1.81. The van der Waals surface area contributed by atoms with Gasteiger partial charge in [0.25, 0.3) is 0 Å². The summed E-state index contributed by atoms with van der Waals surface area (Å²) in [6.07, 6.45) is 3.83. The maximum absolute atomic E-state index is 11.8. The maximum atomic E-state index is 11.8. The molecular weight excluding hydrogens is 258 g/mol. The van der Waals surface area contributed by atoms with E-state index in [4.69, 9.17) is 0 Å². The maximum Gasteiger partial charge on any atom is 0.235 e. The Morgan fingerprint density at radius 3 is 3.06 bits per heavy atom. The van der Waals surface area contributed by atoms with Crippen LogP contribution in [0.5, 0.6) is 0 Å². The van der Waals surface area contributed by atoms with Crippen LogP contribution in [0.1, 0.15) is 12.8 Å². The van der Waals surface area contributed by atoms with Crippen LogP contribution < -0.4 is 0 Å². The van der Waals surface area contributed by atoms with Crippen LogP contribution in [0.4, 0.5) is 0 Å². The van der Waals surface area contributed by atoms with Crippen molar-refractivity contribution in [2.24, 2.45) is 0 Å². The fourth-order valence-electron chi connectivity index (χ4n) is 1.78. The number of likely N-dealkylation sites (tertiary alicyclic amines) is 1. The molecular formula is C9H11N5OS2. The SMILES string of the molecule is O=C(CSc1nn2cnnc2s1)N1CCCC1. The predicted octanol–water partition coefficient (Wildman–Crippen LogP) is 0.900. The van der Waals surface area contributed by atoms with Crippen LogP contribution in [0.3, 0.4) is 0 Å². The highest BCUT2D eigenvalue weighted by Gasteiger charge is 2.18. The lowest BCUT2D eigenvalue weighted by Crippen LogP contribution is -2.29. The molecule has 0 atom stereocenters. The Labute approximate surface area is 106 Å². The number of rotatable bonds is 3. The molecule has 1 saturated heterocycles. The molecule has 3 rings (SSSR count). The molecule has 0 radical (unpaired) electrons. The van der Waals surface area contributed by atoms with Crippen LogP contribution in [-0.4, -0.2) is 49.5 Å². The van der Waals surface area contributed by atoms with E-state index < -0.39 is 0 Å². The third kappa shape index (κ3) is 2.27. The van der Waals surface area contributed by atoms with Gasteiger partial charge in [-0.3, -0.25) is 4.79 Å². The topological polar surface area (TPSA) is 63.4 Å². The number of fused-ring (bicyclic) bond motifs is 1. The van der Waals surface area contributed by atoms with Crippen molar-refractivity contribution in [3.8, 4) is 0 Å². The molecule has 2 aromatic rings. The molecule has 3 heterocycles. The Morgan fingerprint density at radius 2 is 2.29 bits per heavy atom. The first-order chi connectivity index (χ1) is 8.33. The molecule has 0 bridgehead atoms. The highest BCUT2D eigenvalue weighted by atomic mass is 32.2. The first-order valence-electron chi connectivity index (χ1n) is 5.40. The molecule has 0 spiro atoms. The van der Waals surface area contributed by atoms with E-state index in [1.54, 1.807) is 10.8 Å². The smallest absolute Gasteiger partial charge is 0.235 e. The molecule has 0 N–H and O–H groups in total. The molecule has 0 saturated carbocycles. The highest BCUT2D eigenvalue weighted by molar-refractivity contribution is 8.01. The molecule has 6 nitrogen and oxygen atoms in total. The summed E-state index contributed by atoms with van der Waals surface area (Å²) < 4.78 is 2.50. The monoisotopic (exact) mass is 269 g/mol. The first-order valence-corrected chi connectivity index (χ1v) is 7.20. The Balaban J connectivity index is 1.60. The van der Waals surface area contributed by atoms with E-state index in [0.29, 0.717) is 5.75 Å². The Hall–Kier alpha value is -1.15. The lowest BCUT2D eigenvalue weighted by atomic mass is 10.4. The summed E-state index contributed by atoms with van der Waals surface area (Å²) >= 11 is 2.93. The average molecular weight is 269 g/mol. The molecule has 1 aliphatic rings. The lowest BCUT2D eigenvalue weighted by molar-refractivity contribution is -0.127. The van der Waals surface area contributed by atoms with Gasteiger partial charge >= 0.3 is 0 Å². The van der Waals surface area contributed by atoms with Crippen molar-refractivity contribution < 1.29 is 4.79 Å². The standard InChI is InChI=1S/C9H11N5OS2/c15-7(13-3-1-2-4-13)5-16-9-12-14-6-10-11-8(14)17-9/h6H,1-5H2. The predicted molar refractivity (Wildman–Crippen MR) is 65.2 cm³/mol. The second kappa shape index (κ2) is 4.61. The number of thioether (sulfide) groups is 1. The largest absolute Gasteiger partial charge is 0.342 e. The van der Waals surface area contributed by atoms with Crippen molar-refractivity contribution in [1.82, 2.24) is 24.7 Å². The van der Waals surface area contributed by atoms with Gasteiger partial charge in [-0.1, -0.05) is 23.1 Å². The van der Waals surface area contributed by atoms with Crippen LogP contribution >= 0.6 is 23.1 Å². The molecule has 0 aromatic carbocycles. The molecule has 90 valence electrons. The van der Waals surface area contributed by atoms with E-state index >= 15 is 0 Å². The average Bonchev–Trinajstić information content (AvgIpc) is 3.01. The summed E-state index contributed by atoms with van der Waals surface area (Å²) in [6, 6.07) is 0. The van der Waals surface area contributed by atoms with Gasteiger partial charge < -0.3 is 4.90 Å². The van der Waals surface area contributed by atoms with Gasteiger partial charge in [0, 0.05) is 13.1 Å². The third-order valence-electron chi connectivity index (χ3n) is 2.65. The molecule has 0 aliphatic carbocycles. The first kappa shape index (κ1) is 11.0. The number of carbonyl (C=O) groups excluding carboxylic acids is 1.